The molecule has 2 aliphatic carbocycles. The summed E-state index contributed by atoms with van der Waals surface area (Å²) in [5.41, 5.74) is 4.43. The van der Waals surface area contributed by atoms with Gasteiger partial charge in [0.1, 0.15) is 6.10 Å². The number of halogens is 1. The van der Waals surface area contributed by atoms with Gasteiger partial charge in [-0.2, -0.15) is 0 Å². The fourth-order valence-corrected chi connectivity index (χ4v) is 5.30. The second kappa shape index (κ2) is 6.40. The van der Waals surface area contributed by atoms with Gasteiger partial charge in [0, 0.05) is 26.6 Å². The highest BCUT2D eigenvalue weighted by molar-refractivity contribution is 14.1. The van der Waals surface area contributed by atoms with Crippen molar-refractivity contribution in [3.8, 4) is 0 Å². The van der Waals surface area contributed by atoms with Crippen LogP contribution in [-0.2, 0) is 10.6 Å². The molecular weight excluding hydrogens is 409 g/mol. The van der Waals surface area contributed by atoms with E-state index < -0.39 is 0 Å². The number of hydrogen-bond donors (Lipinski definition) is 0. The summed E-state index contributed by atoms with van der Waals surface area (Å²) in [6.07, 6.45) is 9.00. The highest BCUT2D eigenvalue weighted by atomic mass is 127. The second-order valence-electron chi connectivity index (χ2n) is 6.84. The quantitative estimate of drug-likeness (QED) is 0.379. The summed E-state index contributed by atoms with van der Waals surface area (Å²) in [4.78, 5) is 16.5. The van der Waals surface area contributed by atoms with Gasteiger partial charge >= 0.3 is 0 Å². The van der Waals surface area contributed by atoms with Crippen LogP contribution in [0.4, 0.5) is 0 Å². The summed E-state index contributed by atoms with van der Waals surface area (Å²) in [6, 6.07) is 0. The lowest BCUT2D eigenvalue weighted by molar-refractivity contribution is 0.0448. The molecule has 3 rings (SSSR count). The summed E-state index contributed by atoms with van der Waals surface area (Å²) < 4.78 is 7.03. The first-order valence-corrected chi connectivity index (χ1v) is 10.1. The van der Waals surface area contributed by atoms with E-state index >= 15 is 0 Å². The van der Waals surface area contributed by atoms with Crippen molar-refractivity contribution in [2.75, 3.05) is 6.26 Å². The molecule has 1 aromatic heterocycles. The Hall–Kier alpha value is -0.140. The summed E-state index contributed by atoms with van der Waals surface area (Å²) in [5.74, 6) is 0.262. The predicted octanol–water partition coefficient (Wildman–Crippen LogP) is 5.07. The molecule has 2 aliphatic rings. The average Bonchev–Trinajstić information content (AvgIpc) is 2.45. The van der Waals surface area contributed by atoms with Gasteiger partial charge in [-0.05, 0) is 71.6 Å². The average molecular weight is 431 g/mol. The molecule has 0 aromatic carbocycles. The number of hydrogen-bond acceptors (Lipinski definition) is 4. The number of carbonyl (C=O) groups is 1. The third-order valence-corrected chi connectivity index (χ3v) is 6.68. The second-order valence-corrected chi connectivity index (χ2v) is 8.45. The van der Waals surface area contributed by atoms with Gasteiger partial charge in [0.05, 0.1) is 5.69 Å². The summed E-state index contributed by atoms with van der Waals surface area (Å²) in [6.45, 7) is 4.21. The van der Waals surface area contributed by atoms with E-state index in [1.54, 1.807) is 0 Å². The smallest absolute Gasteiger partial charge is 0.152 e. The Morgan fingerprint density at radius 1 is 1.45 bits per heavy atom. The molecule has 0 bridgehead atoms. The molecule has 0 aliphatic heterocycles. The topological polar surface area (TPSA) is 39.2 Å². The highest BCUT2D eigenvalue weighted by Crippen LogP contribution is 2.55. The lowest BCUT2D eigenvalue weighted by Crippen LogP contribution is -2.38. The van der Waals surface area contributed by atoms with Gasteiger partial charge in [0.15, 0.2) is 6.29 Å². The first kappa shape index (κ1) is 16.7. The molecule has 0 unspecified atom stereocenters. The minimum atomic E-state index is 0.0679. The van der Waals surface area contributed by atoms with Crippen LogP contribution < -0.4 is 0 Å². The van der Waals surface area contributed by atoms with Crippen molar-refractivity contribution in [2.24, 2.45) is 5.41 Å². The number of pyridine rings is 1. The van der Waals surface area contributed by atoms with Crippen molar-refractivity contribution in [1.82, 2.24) is 4.98 Å². The van der Waals surface area contributed by atoms with Crippen LogP contribution in [0.25, 0.3) is 0 Å². The Kier molecular flexibility index (Phi) is 4.86. The van der Waals surface area contributed by atoms with Crippen LogP contribution in [0.2, 0.25) is 0 Å². The van der Waals surface area contributed by atoms with E-state index in [-0.39, 0.29) is 12.0 Å². The standard InChI is InChI=1S/C17H22INO2S/c1-10(2)16-11(9-20)15(18)14-12(19-16)7-17(5-4-6-17)8-13(14)21-22-3/h9-10,13H,4-8H2,1-3H3/t13-/m0/s1. The van der Waals surface area contributed by atoms with E-state index in [2.05, 4.69) is 36.4 Å². The van der Waals surface area contributed by atoms with Crippen LogP contribution in [0.1, 0.15) is 78.9 Å². The maximum absolute atomic E-state index is 11.6. The van der Waals surface area contributed by atoms with Gasteiger partial charge in [-0.3, -0.25) is 9.78 Å². The molecule has 0 amide bonds. The van der Waals surface area contributed by atoms with E-state index in [0.717, 1.165) is 34.0 Å². The third kappa shape index (κ3) is 2.73. The lowest BCUT2D eigenvalue weighted by Gasteiger charge is -2.47. The zero-order valence-electron chi connectivity index (χ0n) is 13.3. The van der Waals surface area contributed by atoms with Gasteiger partial charge in [-0.15, -0.1) is 0 Å². The van der Waals surface area contributed by atoms with E-state index in [1.807, 2.05) is 6.26 Å². The van der Waals surface area contributed by atoms with Crippen LogP contribution in [-0.4, -0.2) is 17.5 Å². The van der Waals surface area contributed by atoms with Gasteiger partial charge in [0.2, 0.25) is 0 Å². The Morgan fingerprint density at radius 3 is 2.68 bits per heavy atom. The molecular formula is C17H22INO2S. The van der Waals surface area contributed by atoms with Crippen LogP contribution in [0.3, 0.4) is 0 Å². The van der Waals surface area contributed by atoms with Crippen molar-refractivity contribution < 1.29 is 8.98 Å². The van der Waals surface area contributed by atoms with E-state index in [4.69, 9.17) is 9.17 Å². The number of fused-ring (bicyclic) bond motifs is 1. The fourth-order valence-electron chi connectivity index (χ4n) is 3.84. The lowest BCUT2D eigenvalue weighted by atomic mass is 9.60. The molecule has 3 nitrogen and oxygen atoms in total. The molecule has 0 radical (unpaired) electrons. The molecule has 1 fully saturated rings. The molecule has 1 heterocycles. The molecule has 0 N–H and O–H groups in total. The Labute approximate surface area is 150 Å². The summed E-state index contributed by atoms with van der Waals surface area (Å²) in [5, 5.41) is 0. The fraction of sp³-hybridized carbons (Fsp3) is 0.647. The zero-order valence-corrected chi connectivity index (χ0v) is 16.3. The number of aromatic nitrogens is 1. The third-order valence-electron chi connectivity index (χ3n) is 5.09. The Balaban J connectivity index is 2.14. The van der Waals surface area contributed by atoms with Crippen molar-refractivity contribution in [1.29, 1.82) is 0 Å². The summed E-state index contributed by atoms with van der Waals surface area (Å²) in [7, 11) is 0. The van der Waals surface area contributed by atoms with E-state index in [9.17, 15) is 4.79 Å². The molecule has 22 heavy (non-hydrogen) atoms. The predicted molar refractivity (Wildman–Crippen MR) is 98.4 cm³/mol. The van der Waals surface area contributed by atoms with Crippen molar-refractivity contribution in [3.63, 3.8) is 0 Å². The van der Waals surface area contributed by atoms with Gasteiger partial charge < -0.3 is 4.18 Å². The monoisotopic (exact) mass is 431 g/mol. The maximum Gasteiger partial charge on any atom is 0.152 e. The van der Waals surface area contributed by atoms with Crippen LogP contribution in [0.5, 0.6) is 0 Å². The number of rotatable bonds is 4. The van der Waals surface area contributed by atoms with E-state index in [0.29, 0.717) is 5.41 Å². The normalized spacial score (nSPS) is 22.5. The molecule has 120 valence electrons. The maximum atomic E-state index is 11.6. The van der Waals surface area contributed by atoms with E-state index in [1.165, 1.54) is 42.6 Å². The zero-order chi connectivity index (χ0) is 15.9. The van der Waals surface area contributed by atoms with Crippen LogP contribution in [0, 0.1) is 8.99 Å². The molecule has 1 atom stereocenters. The largest absolute Gasteiger partial charge is 0.307 e. The Morgan fingerprint density at radius 2 is 2.18 bits per heavy atom. The SMILES string of the molecule is CSO[C@H]1CC2(CCC2)Cc2nc(C(C)C)c(C=O)c(I)c21. The highest BCUT2D eigenvalue weighted by Gasteiger charge is 2.45. The Bertz CT molecular complexity index is 599. The molecule has 1 saturated carbocycles. The summed E-state index contributed by atoms with van der Waals surface area (Å²) >= 11 is 3.74. The van der Waals surface area contributed by atoms with Crippen molar-refractivity contribution in [3.05, 3.63) is 26.1 Å². The number of carbonyl (C=O) groups excluding carboxylic acids is 1. The molecule has 1 aromatic rings. The van der Waals surface area contributed by atoms with Crippen molar-refractivity contribution in [2.45, 2.75) is 58.0 Å². The molecule has 0 saturated heterocycles. The van der Waals surface area contributed by atoms with Gasteiger partial charge in [0.25, 0.3) is 0 Å². The number of nitrogens with zero attached hydrogens (tertiary/aromatic N) is 1. The minimum absolute atomic E-state index is 0.0679. The first-order valence-electron chi connectivity index (χ1n) is 7.88. The van der Waals surface area contributed by atoms with Gasteiger partial charge in [-0.1, -0.05) is 20.3 Å². The number of aldehydes is 1. The first-order chi connectivity index (χ1) is 10.5. The molecule has 5 heteroatoms. The van der Waals surface area contributed by atoms with Crippen LogP contribution in [0.15, 0.2) is 0 Å². The molecule has 1 spiro atoms. The minimum Gasteiger partial charge on any atom is -0.307 e. The van der Waals surface area contributed by atoms with Gasteiger partial charge in [-0.25, -0.2) is 0 Å². The van der Waals surface area contributed by atoms with Crippen LogP contribution >= 0.6 is 34.6 Å². The van der Waals surface area contributed by atoms with Crippen molar-refractivity contribution >= 4 is 40.9 Å².